The first-order chi connectivity index (χ1) is 7.86. The van der Waals surface area contributed by atoms with Crippen LogP contribution in [-0.2, 0) is 0 Å². The van der Waals surface area contributed by atoms with Gasteiger partial charge in [-0.3, -0.25) is 4.90 Å². The van der Waals surface area contributed by atoms with E-state index in [1.54, 1.807) is 0 Å². The van der Waals surface area contributed by atoms with Gasteiger partial charge in [0.15, 0.2) is 0 Å². The second-order valence-electron chi connectivity index (χ2n) is 5.54. The van der Waals surface area contributed by atoms with Gasteiger partial charge in [0.1, 0.15) is 0 Å². The van der Waals surface area contributed by atoms with Crippen molar-refractivity contribution in [3.63, 3.8) is 0 Å². The third-order valence-electron chi connectivity index (χ3n) is 4.67. The molecule has 1 heterocycles. The highest BCUT2D eigenvalue weighted by Crippen LogP contribution is 2.30. The number of rotatable bonds is 3. The van der Waals surface area contributed by atoms with Crippen LogP contribution >= 0.6 is 0 Å². The van der Waals surface area contributed by atoms with Gasteiger partial charge in [-0.15, -0.1) is 0 Å². The molecule has 1 aliphatic carbocycles. The number of hydrogen-bond donors (Lipinski definition) is 1. The molecule has 0 spiro atoms. The van der Waals surface area contributed by atoms with E-state index in [-0.39, 0.29) is 0 Å². The van der Waals surface area contributed by atoms with E-state index in [1.807, 2.05) is 0 Å². The van der Waals surface area contributed by atoms with Gasteiger partial charge in [-0.25, -0.2) is 0 Å². The van der Waals surface area contributed by atoms with Crippen molar-refractivity contribution in [3.05, 3.63) is 0 Å². The van der Waals surface area contributed by atoms with Gasteiger partial charge in [0.05, 0.1) is 0 Å². The molecule has 1 saturated carbocycles. The minimum absolute atomic E-state index is 0.757. The standard InChI is InChI=1S/C14H28N2/c1-3-12-8-5-4-6-11-16(12)14-10-7-9-13(14)15-2/h12-15H,3-11H2,1-2H3. The molecule has 2 rings (SSSR count). The quantitative estimate of drug-likeness (QED) is 0.793. The molecule has 94 valence electrons. The van der Waals surface area contributed by atoms with Gasteiger partial charge in [0.2, 0.25) is 0 Å². The molecule has 16 heavy (non-hydrogen) atoms. The molecule has 1 saturated heterocycles. The van der Waals surface area contributed by atoms with Gasteiger partial charge in [0, 0.05) is 18.1 Å². The zero-order valence-electron chi connectivity index (χ0n) is 11.0. The molecule has 3 atom stereocenters. The van der Waals surface area contributed by atoms with Crippen molar-refractivity contribution in [2.75, 3.05) is 13.6 Å². The van der Waals surface area contributed by atoms with Crippen LogP contribution < -0.4 is 5.32 Å². The molecule has 0 bridgehead atoms. The average molecular weight is 224 g/mol. The van der Waals surface area contributed by atoms with Crippen molar-refractivity contribution in [2.24, 2.45) is 0 Å². The van der Waals surface area contributed by atoms with Crippen LogP contribution in [0.2, 0.25) is 0 Å². The fourth-order valence-electron chi connectivity index (χ4n) is 3.75. The molecule has 1 N–H and O–H groups in total. The summed E-state index contributed by atoms with van der Waals surface area (Å²) < 4.78 is 0. The third-order valence-corrected chi connectivity index (χ3v) is 4.67. The maximum atomic E-state index is 3.53. The van der Waals surface area contributed by atoms with Crippen molar-refractivity contribution < 1.29 is 0 Å². The minimum Gasteiger partial charge on any atom is -0.315 e. The van der Waals surface area contributed by atoms with Crippen LogP contribution in [-0.4, -0.2) is 36.6 Å². The number of nitrogens with zero attached hydrogens (tertiary/aromatic N) is 1. The average Bonchev–Trinajstić information content (AvgIpc) is 2.66. The number of likely N-dealkylation sites (N-methyl/N-ethyl adjacent to an activating group) is 1. The lowest BCUT2D eigenvalue weighted by molar-refractivity contribution is 0.118. The molecule has 0 radical (unpaired) electrons. The Bertz CT molecular complexity index is 205. The largest absolute Gasteiger partial charge is 0.315 e. The SMILES string of the molecule is CCC1CCCCCN1C1CCCC1NC. The fraction of sp³-hybridized carbons (Fsp3) is 1.00. The highest BCUT2D eigenvalue weighted by molar-refractivity contribution is 4.92. The molecule has 2 nitrogen and oxygen atoms in total. The van der Waals surface area contributed by atoms with Crippen LogP contribution in [0.5, 0.6) is 0 Å². The van der Waals surface area contributed by atoms with E-state index >= 15 is 0 Å². The van der Waals surface area contributed by atoms with Crippen LogP contribution in [0, 0.1) is 0 Å². The number of likely N-dealkylation sites (tertiary alicyclic amines) is 1. The van der Waals surface area contributed by atoms with Crippen LogP contribution in [0.4, 0.5) is 0 Å². The van der Waals surface area contributed by atoms with E-state index in [2.05, 4.69) is 24.2 Å². The van der Waals surface area contributed by atoms with E-state index in [0.29, 0.717) is 0 Å². The highest BCUT2D eigenvalue weighted by atomic mass is 15.2. The Kier molecular flexibility index (Phi) is 4.66. The molecule has 2 fully saturated rings. The van der Waals surface area contributed by atoms with Gasteiger partial charge in [-0.1, -0.05) is 26.2 Å². The summed E-state index contributed by atoms with van der Waals surface area (Å²) in [4.78, 5) is 2.85. The van der Waals surface area contributed by atoms with E-state index in [1.165, 1.54) is 57.9 Å². The molecule has 3 unspecified atom stereocenters. The van der Waals surface area contributed by atoms with E-state index < -0.39 is 0 Å². The van der Waals surface area contributed by atoms with Crippen LogP contribution in [0.15, 0.2) is 0 Å². The summed E-state index contributed by atoms with van der Waals surface area (Å²) in [5.74, 6) is 0. The zero-order valence-corrected chi connectivity index (χ0v) is 11.0. The maximum Gasteiger partial charge on any atom is 0.0252 e. The molecule has 1 aliphatic heterocycles. The predicted molar refractivity (Wildman–Crippen MR) is 69.7 cm³/mol. The normalized spacial score (nSPS) is 37.5. The van der Waals surface area contributed by atoms with Gasteiger partial charge in [-0.2, -0.15) is 0 Å². The lowest BCUT2D eigenvalue weighted by Gasteiger charge is -2.37. The minimum atomic E-state index is 0.757. The van der Waals surface area contributed by atoms with E-state index in [9.17, 15) is 0 Å². The molecular formula is C14H28N2. The fourth-order valence-corrected chi connectivity index (χ4v) is 3.75. The van der Waals surface area contributed by atoms with Gasteiger partial charge in [-0.05, 0) is 45.7 Å². The summed E-state index contributed by atoms with van der Waals surface area (Å²) >= 11 is 0. The highest BCUT2D eigenvalue weighted by Gasteiger charge is 2.34. The van der Waals surface area contributed by atoms with Crippen molar-refractivity contribution in [2.45, 2.75) is 76.4 Å². The van der Waals surface area contributed by atoms with Crippen molar-refractivity contribution in [1.82, 2.24) is 10.2 Å². The molecular weight excluding hydrogens is 196 g/mol. The van der Waals surface area contributed by atoms with E-state index in [4.69, 9.17) is 0 Å². The first-order valence-corrected chi connectivity index (χ1v) is 7.29. The zero-order chi connectivity index (χ0) is 11.4. The summed E-state index contributed by atoms with van der Waals surface area (Å²) in [6.45, 7) is 3.72. The first kappa shape index (κ1) is 12.4. The third kappa shape index (κ3) is 2.60. The van der Waals surface area contributed by atoms with Crippen LogP contribution in [0.3, 0.4) is 0 Å². The van der Waals surface area contributed by atoms with Gasteiger partial charge >= 0.3 is 0 Å². The van der Waals surface area contributed by atoms with Crippen molar-refractivity contribution in [3.8, 4) is 0 Å². The Morgan fingerprint density at radius 2 is 1.94 bits per heavy atom. The summed E-state index contributed by atoms with van der Waals surface area (Å²) in [5.41, 5.74) is 0. The molecule has 0 aromatic heterocycles. The summed E-state index contributed by atoms with van der Waals surface area (Å²) in [7, 11) is 2.14. The van der Waals surface area contributed by atoms with Crippen LogP contribution in [0.25, 0.3) is 0 Å². The summed E-state index contributed by atoms with van der Waals surface area (Å²) in [6.07, 6.45) is 11.3. The second kappa shape index (κ2) is 6.02. The lowest BCUT2D eigenvalue weighted by atomic mass is 10.0. The summed E-state index contributed by atoms with van der Waals surface area (Å²) in [5, 5.41) is 3.53. The van der Waals surface area contributed by atoms with Crippen LogP contribution in [0.1, 0.15) is 58.3 Å². The molecule has 0 amide bonds. The topological polar surface area (TPSA) is 15.3 Å². The van der Waals surface area contributed by atoms with Gasteiger partial charge < -0.3 is 5.32 Å². The monoisotopic (exact) mass is 224 g/mol. The number of hydrogen-bond acceptors (Lipinski definition) is 2. The molecule has 2 heteroatoms. The van der Waals surface area contributed by atoms with Crippen molar-refractivity contribution in [1.29, 1.82) is 0 Å². The Morgan fingerprint density at radius 1 is 1.06 bits per heavy atom. The Morgan fingerprint density at radius 3 is 2.69 bits per heavy atom. The predicted octanol–water partition coefficient (Wildman–Crippen LogP) is 2.78. The molecule has 0 aromatic rings. The summed E-state index contributed by atoms with van der Waals surface area (Å²) in [6, 6.07) is 2.45. The van der Waals surface area contributed by atoms with E-state index in [0.717, 1.165) is 18.1 Å². The maximum absolute atomic E-state index is 3.53. The Labute approximate surface area is 101 Å². The van der Waals surface area contributed by atoms with Crippen molar-refractivity contribution >= 4 is 0 Å². The second-order valence-corrected chi connectivity index (χ2v) is 5.54. The van der Waals surface area contributed by atoms with Gasteiger partial charge in [0.25, 0.3) is 0 Å². The molecule has 2 aliphatic rings. The molecule has 0 aromatic carbocycles. The Hall–Kier alpha value is -0.0800. The first-order valence-electron chi connectivity index (χ1n) is 7.29. The lowest BCUT2D eigenvalue weighted by Crippen LogP contribution is -2.50. The Balaban J connectivity index is 2.03. The number of nitrogens with one attached hydrogen (secondary N) is 1. The smallest absolute Gasteiger partial charge is 0.0252 e.